The third-order valence-electron chi connectivity index (χ3n) is 3.69. The average Bonchev–Trinajstić information content (AvgIpc) is 2.45. The Bertz CT molecular complexity index is 304. The van der Waals surface area contributed by atoms with E-state index in [4.69, 9.17) is 4.74 Å². The molecule has 2 N–H and O–H groups in total. The van der Waals surface area contributed by atoms with Crippen LogP contribution in [0.3, 0.4) is 0 Å². The molecular formula is C14H25NO5. The van der Waals surface area contributed by atoms with Crippen LogP contribution in [0.2, 0.25) is 0 Å². The lowest BCUT2D eigenvalue weighted by Crippen LogP contribution is -2.42. The molecule has 0 aromatic heterocycles. The van der Waals surface area contributed by atoms with Gasteiger partial charge in [0, 0.05) is 13.0 Å². The number of aliphatic hydroxyl groups is 1. The van der Waals surface area contributed by atoms with E-state index in [2.05, 4.69) is 10.1 Å². The van der Waals surface area contributed by atoms with Crippen molar-refractivity contribution in [3.63, 3.8) is 0 Å². The first-order chi connectivity index (χ1) is 9.62. The van der Waals surface area contributed by atoms with Crippen molar-refractivity contribution < 1.29 is 24.2 Å². The number of carbonyl (C=O) groups is 2. The second-order valence-corrected chi connectivity index (χ2v) is 5.16. The second-order valence-electron chi connectivity index (χ2n) is 5.16. The van der Waals surface area contributed by atoms with Crippen molar-refractivity contribution in [1.29, 1.82) is 0 Å². The van der Waals surface area contributed by atoms with Crippen molar-refractivity contribution in [3.8, 4) is 0 Å². The minimum Gasteiger partial charge on any atom is -0.391 e. The Morgan fingerprint density at radius 1 is 1.40 bits per heavy atom. The number of hydrogen-bond donors (Lipinski definition) is 2. The topological polar surface area (TPSA) is 84.9 Å². The Morgan fingerprint density at radius 3 is 2.70 bits per heavy atom. The zero-order chi connectivity index (χ0) is 14.8. The van der Waals surface area contributed by atoms with Crippen molar-refractivity contribution in [2.24, 2.45) is 5.92 Å². The highest BCUT2D eigenvalue weighted by Crippen LogP contribution is 2.23. The van der Waals surface area contributed by atoms with E-state index in [1.54, 1.807) is 6.92 Å². The van der Waals surface area contributed by atoms with Gasteiger partial charge in [-0.1, -0.05) is 12.8 Å². The first-order valence-corrected chi connectivity index (χ1v) is 7.34. The zero-order valence-corrected chi connectivity index (χ0v) is 12.1. The molecule has 1 fully saturated rings. The Morgan fingerprint density at radius 2 is 2.10 bits per heavy atom. The molecule has 1 heterocycles. The molecule has 6 heteroatoms. The Kier molecular flexibility index (Phi) is 7.72. The summed E-state index contributed by atoms with van der Waals surface area (Å²) < 4.78 is 9.25. The van der Waals surface area contributed by atoms with E-state index in [-0.39, 0.29) is 19.5 Å². The van der Waals surface area contributed by atoms with Gasteiger partial charge in [0.15, 0.2) is 0 Å². The molecule has 6 nitrogen and oxygen atoms in total. The highest BCUT2D eigenvalue weighted by molar-refractivity contribution is 5.82. The van der Waals surface area contributed by atoms with Gasteiger partial charge in [-0.2, -0.15) is 0 Å². The molecule has 1 aliphatic heterocycles. The lowest BCUT2D eigenvalue weighted by atomic mass is 9.91. The molecule has 0 spiro atoms. The number of nitrogens with one attached hydrogen (secondary N) is 1. The molecule has 1 atom stereocenters. The molecular weight excluding hydrogens is 262 g/mol. The van der Waals surface area contributed by atoms with Crippen LogP contribution in [0.25, 0.3) is 0 Å². The van der Waals surface area contributed by atoms with Crippen LogP contribution >= 0.6 is 0 Å². The maximum Gasteiger partial charge on any atom is 0.374 e. The van der Waals surface area contributed by atoms with Crippen molar-refractivity contribution in [2.45, 2.75) is 51.2 Å². The number of unbranched alkanes of at least 4 members (excludes halogenated alkanes) is 1. The summed E-state index contributed by atoms with van der Waals surface area (Å²) >= 11 is 0. The second kappa shape index (κ2) is 9.05. The number of piperidine rings is 1. The fourth-order valence-corrected chi connectivity index (χ4v) is 2.58. The normalized spacial score (nSPS) is 19.3. The van der Waals surface area contributed by atoms with Gasteiger partial charge < -0.3 is 19.9 Å². The summed E-state index contributed by atoms with van der Waals surface area (Å²) in [6.07, 6.45) is 5.19. The Hall–Kier alpha value is -0.980. The van der Waals surface area contributed by atoms with Gasteiger partial charge in [-0.15, -0.1) is 0 Å². The van der Waals surface area contributed by atoms with Gasteiger partial charge in [-0.05, 0) is 45.2 Å². The number of esters is 1. The molecule has 0 bridgehead atoms. The van der Waals surface area contributed by atoms with Crippen molar-refractivity contribution in [2.75, 3.05) is 19.7 Å². The van der Waals surface area contributed by atoms with Crippen LogP contribution in [-0.2, 0) is 19.1 Å². The molecule has 0 saturated carbocycles. The van der Waals surface area contributed by atoms with Crippen LogP contribution in [0.4, 0.5) is 0 Å². The van der Waals surface area contributed by atoms with E-state index < -0.39 is 11.8 Å². The fourth-order valence-electron chi connectivity index (χ4n) is 2.58. The number of hydrogen-bond acceptors (Lipinski definition) is 6. The summed E-state index contributed by atoms with van der Waals surface area (Å²) in [5, 5.41) is 13.4. The molecule has 0 aliphatic carbocycles. The van der Waals surface area contributed by atoms with Crippen molar-refractivity contribution in [3.05, 3.63) is 0 Å². The molecule has 1 aliphatic rings. The molecule has 0 amide bonds. The SMILES string of the molecule is CCO[C@@](O)(CCCCC1CCNCC1)C(=O)OC=O. The molecule has 0 radical (unpaired) electrons. The minimum atomic E-state index is -2.00. The summed E-state index contributed by atoms with van der Waals surface area (Å²) in [4.78, 5) is 21.7. The molecule has 1 rings (SSSR count). The standard InChI is InChI=1S/C14H25NO5/c1-2-20-14(18,13(17)19-11-16)8-4-3-5-12-6-9-15-10-7-12/h11-12,15,18H,2-10H2,1H3/t14-/m0/s1. The minimum absolute atomic E-state index is 0.0152. The summed E-state index contributed by atoms with van der Waals surface area (Å²) in [7, 11) is 0. The maximum absolute atomic E-state index is 11.5. The first-order valence-electron chi connectivity index (χ1n) is 7.34. The number of carbonyl (C=O) groups excluding carboxylic acids is 2. The van der Waals surface area contributed by atoms with Crippen LogP contribution in [0.15, 0.2) is 0 Å². The Balaban J connectivity index is 2.30. The maximum atomic E-state index is 11.5. The van der Waals surface area contributed by atoms with Crippen LogP contribution in [0.1, 0.15) is 45.4 Å². The first kappa shape index (κ1) is 17.1. The summed E-state index contributed by atoms with van der Waals surface area (Å²) in [6, 6.07) is 0. The van der Waals surface area contributed by atoms with Gasteiger partial charge in [0.05, 0.1) is 0 Å². The highest BCUT2D eigenvalue weighted by Gasteiger charge is 2.38. The van der Waals surface area contributed by atoms with Crippen LogP contribution in [0.5, 0.6) is 0 Å². The van der Waals surface area contributed by atoms with E-state index in [0.29, 0.717) is 6.42 Å². The summed E-state index contributed by atoms with van der Waals surface area (Å²) in [5.41, 5.74) is 0. The lowest BCUT2D eigenvalue weighted by molar-refractivity contribution is -0.227. The van der Waals surface area contributed by atoms with Crippen molar-refractivity contribution >= 4 is 12.4 Å². The number of rotatable bonds is 9. The molecule has 0 unspecified atom stereocenters. The molecule has 0 aromatic rings. The van der Waals surface area contributed by atoms with Crippen molar-refractivity contribution in [1.82, 2.24) is 5.32 Å². The Labute approximate surface area is 119 Å². The van der Waals surface area contributed by atoms with E-state index in [0.717, 1.165) is 31.8 Å². The fraction of sp³-hybridized carbons (Fsp3) is 0.857. The third kappa shape index (κ3) is 5.56. The van der Waals surface area contributed by atoms with Gasteiger partial charge in [0.2, 0.25) is 0 Å². The predicted octanol–water partition coefficient (Wildman–Crippen LogP) is 0.971. The van der Waals surface area contributed by atoms with Crippen LogP contribution in [0, 0.1) is 5.92 Å². The van der Waals surface area contributed by atoms with Crippen LogP contribution in [-0.4, -0.2) is 43.0 Å². The molecule has 116 valence electrons. The number of ether oxygens (including phenoxy) is 2. The van der Waals surface area contributed by atoms with Crippen LogP contribution < -0.4 is 5.32 Å². The average molecular weight is 287 g/mol. The van der Waals surface area contributed by atoms with E-state index >= 15 is 0 Å². The van der Waals surface area contributed by atoms with Gasteiger partial charge in [0.1, 0.15) is 0 Å². The van der Waals surface area contributed by atoms with Gasteiger partial charge in [-0.25, -0.2) is 4.79 Å². The third-order valence-corrected chi connectivity index (χ3v) is 3.69. The van der Waals surface area contributed by atoms with E-state index in [1.807, 2.05) is 0 Å². The molecule has 20 heavy (non-hydrogen) atoms. The van der Waals surface area contributed by atoms with Gasteiger partial charge in [-0.3, -0.25) is 4.79 Å². The smallest absolute Gasteiger partial charge is 0.374 e. The molecule has 1 saturated heterocycles. The molecule has 0 aromatic carbocycles. The van der Waals surface area contributed by atoms with E-state index in [1.165, 1.54) is 12.8 Å². The highest BCUT2D eigenvalue weighted by atomic mass is 16.7. The largest absolute Gasteiger partial charge is 0.391 e. The monoisotopic (exact) mass is 287 g/mol. The van der Waals surface area contributed by atoms with E-state index in [9.17, 15) is 14.7 Å². The zero-order valence-electron chi connectivity index (χ0n) is 12.1. The summed E-state index contributed by atoms with van der Waals surface area (Å²) in [6.45, 7) is 4.01. The summed E-state index contributed by atoms with van der Waals surface area (Å²) in [5.74, 6) is -2.31. The predicted molar refractivity (Wildman–Crippen MR) is 72.8 cm³/mol. The lowest BCUT2D eigenvalue weighted by Gasteiger charge is -2.25. The quantitative estimate of drug-likeness (QED) is 0.216. The van der Waals surface area contributed by atoms with Gasteiger partial charge in [0.25, 0.3) is 5.79 Å². The van der Waals surface area contributed by atoms with Gasteiger partial charge >= 0.3 is 12.4 Å².